The van der Waals surface area contributed by atoms with Crippen LogP contribution in [0.15, 0.2) is 53.4 Å². The first-order valence-electron chi connectivity index (χ1n) is 11.0. The molecule has 2 aliphatic heterocycles. The van der Waals surface area contributed by atoms with Crippen molar-refractivity contribution in [3.8, 4) is 0 Å². The number of nitrogens with zero attached hydrogens (tertiary/aromatic N) is 2. The van der Waals surface area contributed by atoms with Crippen molar-refractivity contribution in [3.63, 3.8) is 0 Å². The van der Waals surface area contributed by atoms with Gasteiger partial charge >= 0.3 is 0 Å². The normalized spacial score (nSPS) is 20.1. The molecule has 1 atom stereocenters. The third-order valence-corrected chi connectivity index (χ3v) is 7.82. The van der Waals surface area contributed by atoms with Gasteiger partial charge in [0.25, 0.3) is 0 Å². The van der Waals surface area contributed by atoms with E-state index in [2.05, 4.69) is 4.72 Å². The summed E-state index contributed by atoms with van der Waals surface area (Å²) in [6, 6.07) is 14.3. The van der Waals surface area contributed by atoms with Crippen molar-refractivity contribution in [1.82, 2.24) is 9.62 Å². The van der Waals surface area contributed by atoms with Crippen LogP contribution in [0, 0.1) is 19.8 Å². The highest BCUT2D eigenvalue weighted by Crippen LogP contribution is 2.27. The Bertz CT molecular complexity index is 1090. The van der Waals surface area contributed by atoms with E-state index in [1.165, 1.54) is 0 Å². The number of hydrogen-bond donors (Lipinski definition) is 1. The van der Waals surface area contributed by atoms with E-state index in [-0.39, 0.29) is 35.1 Å². The van der Waals surface area contributed by atoms with Gasteiger partial charge in [-0.25, -0.2) is 13.1 Å². The van der Waals surface area contributed by atoms with E-state index in [9.17, 15) is 18.0 Å². The SMILES string of the molecule is Cc1ccc(N2C[C@@H](C(=O)N3CCC(NS(=O)(=O)c4ccc(C)cc4)CC3)CC2=O)cc1. The van der Waals surface area contributed by atoms with Crippen LogP contribution in [0.4, 0.5) is 5.69 Å². The molecular formula is C24H29N3O4S. The molecule has 0 saturated carbocycles. The Kier molecular flexibility index (Phi) is 6.35. The monoisotopic (exact) mass is 455 g/mol. The Labute approximate surface area is 189 Å². The van der Waals surface area contributed by atoms with E-state index >= 15 is 0 Å². The fraction of sp³-hybridized carbons (Fsp3) is 0.417. The van der Waals surface area contributed by atoms with Crippen LogP contribution in [0.1, 0.15) is 30.4 Å². The van der Waals surface area contributed by atoms with Crippen LogP contribution in [0.5, 0.6) is 0 Å². The van der Waals surface area contributed by atoms with E-state index < -0.39 is 10.0 Å². The number of nitrogens with one attached hydrogen (secondary N) is 1. The summed E-state index contributed by atoms with van der Waals surface area (Å²) in [4.78, 5) is 29.2. The molecule has 2 saturated heterocycles. The molecule has 2 heterocycles. The molecule has 2 aromatic rings. The molecule has 32 heavy (non-hydrogen) atoms. The number of likely N-dealkylation sites (tertiary alicyclic amines) is 1. The van der Waals surface area contributed by atoms with Crippen molar-refractivity contribution < 1.29 is 18.0 Å². The number of anilines is 1. The zero-order chi connectivity index (χ0) is 22.9. The summed E-state index contributed by atoms with van der Waals surface area (Å²) in [7, 11) is -3.58. The van der Waals surface area contributed by atoms with Crippen LogP contribution in [0.25, 0.3) is 0 Å². The number of benzene rings is 2. The van der Waals surface area contributed by atoms with Crippen molar-refractivity contribution in [2.45, 2.75) is 44.0 Å². The van der Waals surface area contributed by atoms with E-state index in [1.54, 1.807) is 34.1 Å². The lowest BCUT2D eigenvalue weighted by atomic mass is 10.0. The molecule has 0 radical (unpaired) electrons. The maximum Gasteiger partial charge on any atom is 0.240 e. The molecule has 2 amide bonds. The Hall–Kier alpha value is -2.71. The average Bonchev–Trinajstić information content (AvgIpc) is 3.16. The topological polar surface area (TPSA) is 86.8 Å². The third-order valence-electron chi connectivity index (χ3n) is 6.28. The second-order valence-corrected chi connectivity index (χ2v) is 10.5. The molecule has 8 heteroatoms. The lowest BCUT2D eigenvalue weighted by Crippen LogP contribution is -2.48. The molecule has 0 aliphatic carbocycles. The van der Waals surface area contributed by atoms with E-state index in [4.69, 9.17) is 0 Å². The summed E-state index contributed by atoms with van der Waals surface area (Å²) in [5.74, 6) is -0.412. The predicted octanol–water partition coefficient (Wildman–Crippen LogP) is 2.63. The highest BCUT2D eigenvalue weighted by molar-refractivity contribution is 7.89. The van der Waals surface area contributed by atoms with Gasteiger partial charge in [-0.15, -0.1) is 0 Å². The predicted molar refractivity (Wildman–Crippen MR) is 123 cm³/mol. The summed E-state index contributed by atoms with van der Waals surface area (Å²) in [5.41, 5.74) is 2.94. The number of rotatable bonds is 5. The first-order valence-corrected chi connectivity index (χ1v) is 12.5. The molecule has 4 rings (SSSR count). The van der Waals surface area contributed by atoms with E-state index in [0.717, 1.165) is 16.8 Å². The van der Waals surface area contributed by atoms with Crippen LogP contribution in [0.3, 0.4) is 0 Å². The molecule has 0 unspecified atom stereocenters. The minimum atomic E-state index is -3.58. The molecular weight excluding hydrogens is 426 g/mol. The highest BCUT2D eigenvalue weighted by Gasteiger charge is 2.38. The number of carbonyl (C=O) groups excluding carboxylic acids is 2. The number of piperidine rings is 1. The van der Waals surface area contributed by atoms with Gasteiger partial charge in [0.15, 0.2) is 0 Å². The number of amides is 2. The Morgan fingerprint density at radius 2 is 1.50 bits per heavy atom. The second-order valence-electron chi connectivity index (χ2n) is 8.77. The van der Waals surface area contributed by atoms with Gasteiger partial charge in [-0.05, 0) is 51.0 Å². The van der Waals surface area contributed by atoms with Crippen LogP contribution in [-0.4, -0.2) is 50.8 Å². The summed E-state index contributed by atoms with van der Waals surface area (Å²) in [6.45, 7) is 5.26. The molecule has 2 fully saturated rings. The quantitative estimate of drug-likeness (QED) is 0.751. The zero-order valence-corrected chi connectivity index (χ0v) is 19.3. The molecule has 1 N–H and O–H groups in total. The van der Waals surface area contributed by atoms with Crippen molar-refractivity contribution in [1.29, 1.82) is 0 Å². The van der Waals surface area contributed by atoms with Crippen LogP contribution >= 0.6 is 0 Å². The minimum absolute atomic E-state index is 0.0206. The lowest BCUT2D eigenvalue weighted by molar-refractivity contribution is -0.136. The summed E-state index contributed by atoms with van der Waals surface area (Å²) < 4.78 is 28.0. The van der Waals surface area contributed by atoms with Crippen LogP contribution in [0.2, 0.25) is 0 Å². The summed E-state index contributed by atoms with van der Waals surface area (Å²) in [6.07, 6.45) is 1.32. The van der Waals surface area contributed by atoms with Gasteiger partial charge in [-0.1, -0.05) is 35.4 Å². The van der Waals surface area contributed by atoms with Crippen LogP contribution in [-0.2, 0) is 19.6 Å². The van der Waals surface area contributed by atoms with Gasteiger partial charge in [-0.3, -0.25) is 9.59 Å². The fourth-order valence-corrected chi connectivity index (χ4v) is 5.63. The summed E-state index contributed by atoms with van der Waals surface area (Å²) >= 11 is 0. The fourth-order valence-electron chi connectivity index (χ4n) is 4.33. The van der Waals surface area contributed by atoms with Crippen LogP contribution < -0.4 is 9.62 Å². The number of carbonyl (C=O) groups is 2. The van der Waals surface area contributed by atoms with Crippen molar-refractivity contribution >= 4 is 27.5 Å². The Morgan fingerprint density at radius 3 is 2.09 bits per heavy atom. The number of sulfonamides is 1. The second kappa shape index (κ2) is 9.03. The Balaban J connectivity index is 1.32. The Morgan fingerprint density at radius 1 is 0.938 bits per heavy atom. The molecule has 2 aromatic carbocycles. The largest absolute Gasteiger partial charge is 0.342 e. The highest BCUT2D eigenvalue weighted by atomic mass is 32.2. The van der Waals surface area contributed by atoms with Gasteiger partial charge in [0, 0.05) is 37.8 Å². The first-order chi connectivity index (χ1) is 15.2. The van der Waals surface area contributed by atoms with Gasteiger partial charge in [0.1, 0.15) is 0 Å². The lowest BCUT2D eigenvalue weighted by Gasteiger charge is -2.33. The first kappa shape index (κ1) is 22.5. The zero-order valence-electron chi connectivity index (χ0n) is 18.5. The van der Waals surface area contributed by atoms with E-state index in [0.29, 0.717) is 32.5 Å². The molecule has 0 aromatic heterocycles. The van der Waals surface area contributed by atoms with Gasteiger partial charge in [-0.2, -0.15) is 0 Å². The smallest absolute Gasteiger partial charge is 0.240 e. The number of aryl methyl sites for hydroxylation is 2. The molecule has 0 bridgehead atoms. The van der Waals surface area contributed by atoms with Gasteiger partial charge in [0.05, 0.1) is 10.8 Å². The van der Waals surface area contributed by atoms with Crippen molar-refractivity contribution in [2.24, 2.45) is 5.92 Å². The summed E-state index contributed by atoms with van der Waals surface area (Å²) in [5, 5.41) is 0. The maximum absolute atomic E-state index is 13.0. The molecule has 7 nitrogen and oxygen atoms in total. The van der Waals surface area contributed by atoms with Crippen molar-refractivity contribution in [2.75, 3.05) is 24.5 Å². The third kappa shape index (κ3) is 4.86. The van der Waals surface area contributed by atoms with E-state index in [1.807, 2.05) is 38.1 Å². The van der Waals surface area contributed by atoms with Gasteiger partial charge in [0.2, 0.25) is 21.8 Å². The molecule has 170 valence electrons. The maximum atomic E-state index is 13.0. The van der Waals surface area contributed by atoms with Crippen molar-refractivity contribution in [3.05, 3.63) is 59.7 Å². The molecule has 0 spiro atoms. The standard InChI is InChI=1S/C24H29N3O4S/c1-17-3-7-21(8-4-17)27-16-19(15-23(27)28)24(29)26-13-11-20(12-14-26)25-32(30,31)22-9-5-18(2)6-10-22/h3-10,19-20,25H,11-16H2,1-2H3/t19-/m0/s1. The van der Waals surface area contributed by atoms with Gasteiger partial charge < -0.3 is 9.80 Å². The molecule has 2 aliphatic rings. The number of hydrogen-bond acceptors (Lipinski definition) is 4. The minimum Gasteiger partial charge on any atom is -0.342 e. The average molecular weight is 456 g/mol.